The van der Waals surface area contributed by atoms with Gasteiger partial charge in [0.15, 0.2) is 0 Å². The number of carbonyl (C=O) groups excluding carboxylic acids is 1. The van der Waals surface area contributed by atoms with E-state index in [-0.39, 0.29) is 18.1 Å². The summed E-state index contributed by atoms with van der Waals surface area (Å²) in [6.45, 7) is 1.87. The van der Waals surface area contributed by atoms with Crippen LogP contribution in [0, 0.1) is 5.82 Å². The zero-order chi connectivity index (χ0) is 14.7. The molecule has 0 saturated carbocycles. The van der Waals surface area contributed by atoms with Crippen LogP contribution in [0.2, 0.25) is 0 Å². The second-order valence-corrected chi connectivity index (χ2v) is 6.12. The van der Waals surface area contributed by atoms with Crippen LogP contribution in [0.5, 0.6) is 0 Å². The number of likely N-dealkylation sites (tertiary alicyclic amines) is 1. The number of piperidine rings is 1. The summed E-state index contributed by atoms with van der Waals surface area (Å²) in [5.41, 5.74) is 0.506. The predicted octanol–water partition coefficient (Wildman–Crippen LogP) is 2.50. The molecular weight excluding hydrogens is 267 g/mol. The fourth-order valence-electron chi connectivity index (χ4n) is 3.63. The van der Waals surface area contributed by atoms with E-state index in [1.807, 2.05) is 4.90 Å². The first-order valence-corrected chi connectivity index (χ1v) is 8.02. The second-order valence-electron chi connectivity index (χ2n) is 6.12. The Labute approximate surface area is 125 Å². The molecule has 0 aliphatic carbocycles. The number of carbonyl (C=O) groups is 1. The average Bonchev–Trinajstić information content (AvgIpc) is 3.04. The average molecular weight is 290 g/mol. The fraction of sp³-hybridized carbons (Fsp3) is 0.588. The van der Waals surface area contributed by atoms with E-state index in [9.17, 15) is 9.18 Å². The van der Waals surface area contributed by atoms with Gasteiger partial charge >= 0.3 is 0 Å². The maximum Gasteiger partial charge on any atom is 0.227 e. The van der Waals surface area contributed by atoms with Gasteiger partial charge < -0.3 is 10.2 Å². The molecule has 1 amide bonds. The van der Waals surface area contributed by atoms with Crippen molar-refractivity contribution in [3.63, 3.8) is 0 Å². The van der Waals surface area contributed by atoms with Crippen LogP contribution in [-0.4, -0.2) is 36.0 Å². The molecular formula is C17H23FN2O. The van der Waals surface area contributed by atoms with E-state index in [1.54, 1.807) is 18.2 Å². The summed E-state index contributed by atoms with van der Waals surface area (Å²) in [7, 11) is 0. The van der Waals surface area contributed by atoms with Gasteiger partial charge in [-0.2, -0.15) is 0 Å². The van der Waals surface area contributed by atoms with E-state index in [2.05, 4.69) is 5.32 Å². The molecule has 21 heavy (non-hydrogen) atoms. The van der Waals surface area contributed by atoms with Gasteiger partial charge in [-0.3, -0.25) is 4.79 Å². The molecule has 0 aromatic heterocycles. The van der Waals surface area contributed by atoms with Crippen molar-refractivity contribution in [1.29, 1.82) is 0 Å². The molecule has 2 unspecified atom stereocenters. The highest BCUT2D eigenvalue weighted by Crippen LogP contribution is 2.25. The molecule has 2 fully saturated rings. The quantitative estimate of drug-likeness (QED) is 0.927. The van der Waals surface area contributed by atoms with E-state index < -0.39 is 0 Å². The molecule has 3 rings (SSSR count). The summed E-state index contributed by atoms with van der Waals surface area (Å²) in [5.74, 6) is -0.211. The predicted molar refractivity (Wildman–Crippen MR) is 80.5 cm³/mol. The number of rotatable bonds is 3. The van der Waals surface area contributed by atoms with Crippen molar-refractivity contribution >= 4 is 5.91 Å². The van der Waals surface area contributed by atoms with E-state index >= 15 is 0 Å². The van der Waals surface area contributed by atoms with Crippen molar-refractivity contribution in [3.8, 4) is 0 Å². The van der Waals surface area contributed by atoms with Crippen LogP contribution >= 0.6 is 0 Å². The van der Waals surface area contributed by atoms with Crippen molar-refractivity contribution in [3.05, 3.63) is 35.6 Å². The highest BCUT2D eigenvalue weighted by Gasteiger charge is 2.34. The van der Waals surface area contributed by atoms with Crippen LogP contribution in [0.1, 0.15) is 37.7 Å². The first kappa shape index (κ1) is 14.5. The molecule has 4 heteroatoms. The van der Waals surface area contributed by atoms with Crippen LogP contribution in [0.25, 0.3) is 0 Å². The third-order valence-corrected chi connectivity index (χ3v) is 4.73. The summed E-state index contributed by atoms with van der Waals surface area (Å²) in [4.78, 5) is 14.6. The summed E-state index contributed by atoms with van der Waals surface area (Å²) >= 11 is 0. The minimum atomic E-state index is -0.279. The lowest BCUT2D eigenvalue weighted by molar-refractivity contribution is -0.134. The molecule has 114 valence electrons. The van der Waals surface area contributed by atoms with Gasteiger partial charge in [-0.05, 0) is 50.3 Å². The summed E-state index contributed by atoms with van der Waals surface area (Å²) in [6, 6.07) is 7.30. The molecule has 1 aromatic carbocycles. The Kier molecular flexibility index (Phi) is 4.54. The standard InChI is InChI=1S/C17H23FN2O/c18-14-7-2-1-6-13(14)12-17(21)20-11-4-3-9-16(20)15-8-5-10-19-15/h1-2,6-7,15-16,19H,3-5,8-12H2. The number of hydrogen-bond acceptors (Lipinski definition) is 2. The number of nitrogens with zero attached hydrogens (tertiary/aromatic N) is 1. The summed E-state index contributed by atoms with van der Waals surface area (Å²) in [6.07, 6.45) is 5.83. The van der Waals surface area contributed by atoms with Gasteiger partial charge in [0.05, 0.1) is 6.42 Å². The molecule has 2 aliphatic heterocycles. The van der Waals surface area contributed by atoms with Crippen LogP contribution in [0.15, 0.2) is 24.3 Å². The molecule has 2 aliphatic rings. The van der Waals surface area contributed by atoms with E-state index in [4.69, 9.17) is 0 Å². The van der Waals surface area contributed by atoms with Crippen LogP contribution in [0.3, 0.4) is 0 Å². The number of hydrogen-bond donors (Lipinski definition) is 1. The highest BCUT2D eigenvalue weighted by molar-refractivity contribution is 5.79. The van der Waals surface area contributed by atoms with E-state index in [1.165, 1.54) is 18.9 Å². The second kappa shape index (κ2) is 6.56. The molecule has 0 radical (unpaired) electrons. The minimum absolute atomic E-state index is 0.0681. The van der Waals surface area contributed by atoms with E-state index in [0.29, 0.717) is 17.6 Å². The molecule has 0 bridgehead atoms. The SMILES string of the molecule is O=C(Cc1ccccc1F)N1CCCCC1C1CCCN1. The fourth-order valence-corrected chi connectivity index (χ4v) is 3.63. The lowest BCUT2D eigenvalue weighted by Gasteiger charge is -2.39. The third-order valence-electron chi connectivity index (χ3n) is 4.73. The lowest BCUT2D eigenvalue weighted by atomic mass is 9.94. The molecule has 2 heterocycles. The van der Waals surface area contributed by atoms with Gasteiger partial charge in [-0.25, -0.2) is 4.39 Å². The Hall–Kier alpha value is -1.42. The molecule has 3 nitrogen and oxygen atoms in total. The van der Waals surface area contributed by atoms with Crippen molar-refractivity contribution in [2.45, 2.75) is 50.6 Å². The maximum absolute atomic E-state index is 13.7. The lowest BCUT2D eigenvalue weighted by Crippen LogP contribution is -2.53. The smallest absolute Gasteiger partial charge is 0.227 e. The largest absolute Gasteiger partial charge is 0.338 e. The summed E-state index contributed by atoms with van der Waals surface area (Å²) in [5, 5.41) is 3.52. The molecule has 2 atom stereocenters. The zero-order valence-electron chi connectivity index (χ0n) is 12.4. The Morgan fingerprint density at radius 2 is 2.10 bits per heavy atom. The van der Waals surface area contributed by atoms with Crippen LogP contribution in [-0.2, 0) is 11.2 Å². The first-order chi connectivity index (χ1) is 10.3. The zero-order valence-corrected chi connectivity index (χ0v) is 12.4. The van der Waals surface area contributed by atoms with Gasteiger partial charge in [0.1, 0.15) is 5.82 Å². The Morgan fingerprint density at radius 3 is 2.86 bits per heavy atom. The minimum Gasteiger partial charge on any atom is -0.338 e. The number of amides is 1. The van der Waals surface area contributed by atoms with Crippen molar-refractivity contribution in [2.75, 3.05) is 13.1 Å². The van der Waals surface area contributed by atoms with Crippen molar-refractivity contribution in [2.24, 2.45) is 0 Å². The normalized spacial score (nSPS) is 26.0. The molecule has 1 aromatic rings. The van der Waals surface area contributed by atoms with Gasteiger partial charge in [-0.15, -0.1) is 0 Å². The topological polar surface area (TPSA) is 32.3 Å². The molecule has 0 spiro atoms. The Morgan fingerprint density at radius 1 is 1.24 bits per heavy atom. The van der Waals surface area contributed by atoms with E-state index in [0.717, 1.165) is 32.4 Å². The number of benzene rings is 1. The molecule has 2 saturated heterocycles. The number of halogens is 1. The van der Waals surface area contributed by atoms with Gasteiger partial charge in [-0.1, -0.05) is 18.2 Å². The van der Waals surface area contributed by atoms with Gasteiger partial charge in [0.2, 0.25) is 5.91 Å². The van der Waals surface area contributed by atoms with Crippen LogP contribution in [0.4, 0.5) is 4.39 Å². The third kappa shape index (κ3) is 3.26. The maximum atomic E-state index is 13.7. The first-order valence-electron chi connectivity index (χ1n) is 8.02. The Balaban J connectivity index is 1.70. The summed E-state index contributed by atoms with van der Waals surface area (Å²) < 4.78 is 13.7. The van der Waals surface area contributed by atoms with Gasteiger partial charge in [0.25, 0.3) is 0 Å². The molecule has 1 N–H and O–H groups in total. The monoisotopic (exact) mass is 290 g/mol. The van der Waals surface area contributed by atoms with Crippen molar-refractivity contribution < 1.29 is 9.18 Å². The van der Waals surface area contributed by atoms with Crippen LogP contribution < -0.4 is 5.32 Å². The van der Waals surface area contributed by atoms with Gasteiger partial charge in [0, 0.05) is 18.6 Å². The van der Waals surface area contributed by atoms with Crippen molar-refractivity contribution in [1.82, 2.24) is 10.2 Å². The highest BCUT2D eigenvalue weighted by atomic mass is 19.1. The Bertz CT molecular complexity index is 499. The number of nitrogens with one attached hydrogen (secondary N) is 1.